The zero-order valence-corrected chi connectivity index (χ0v) is 13.4. The van der Waals surface area contributed by atoms with Gasteiger partial charge >= 0.3 is 12.1 Å². The lowest BCUT2D eigenvalue weighted by Crippen LogP contribution is -2.57. The molecule has 0 unspecified atom stereocenters. The third-order valence-electron chi connectivity index (χ3n) is 3.37. The quantitative estimate of drug-likeness (QED) is 0.811. The largest absolute Gasteiger partial charge is 0.480 e. The molecule has 0 spiro atoms. The minimum absolute atomic E-state index is 0.0433. The molecule has 2 N–H and O–H groups in total. The first-order chi connectivity index (χ1) is 10.1. The van der Waals surface area contributed by atoms with Crippen LogP contribution in [0.3, 0.4) is 0 Å². The van der Waals surface area contributed by atoms with Gasteiger partial charge in [-0.2, -0.15) is 0 Å². The Kier molecular flexibility index (Phi) is 5.54. The number of benzene rings is 1. The minimum atomic E-state index is -3.71. The molecule has 0 aliphatic carbocycles. The van der Waals surface area contributed by atoms with Crippen molar-refractivity contribution in [2.75, 3.05) is 6.26 Å². The third-order valence-corrected chi connectivity index (χ3v) is 5.52. The normalized spacial score (nSPS) is 13.2. The molecule has 122 valence electrons. The summed E-state index contributed by atoms with van der Waals surface area (Å²) in [5.74, 6) is -1.45. The number of hydrogen-bond acceptors (Lipinski definition) is 5. The van der Waals surface area contributed by atoms with Gasteiger partial charge in [0.1, 0.15) is 12.6 Å². The summed E-state index contributed by atoms with van der Waals surface area (Å²) in [6.07, 6.45) is -0.0760. The van der Waals surface area contributed by atoms with Crippen LogP contribution in [0.25, 0.3) is 0 Å². The molecule has 1 rings (SSSR count). The van der Waals surface area contributed by atoms with Crippen molar-refractivity contribution < 1.29 is 27.9 Å². The van der Waals surface area contributed by atoms with Gasteiger partial charge in [0.05, 0.1) is 4.75 Å². The number of ether oxygens (including phenoxy) is 1. The molecule has 0 saturated heterocycles. The van der Waals surface area contributed by atoms with Gasteiger partial charge in [-0.05, 0) is 19.4 Å². The summed E-state index contributed by atoms with van der Waals surface area (Å²) in [7, 11) is -3.71. The fourth-order valence-corrected chi connectivity index (χ4v) is 2.22. The zero-order valence-electron chi connectivity index (χ0n) is 12.6. The molecule has 22 heavy (non-hydrogen) atoms. The summed E-state index contributed by atoms with van der Waals surface area (Å²) in [4.78, 5) is 23.0. The second kappa shape index (κ2) is 6.78. The lowest BCUT2D eigenvalue weighted by atomic mass is 10.0. The Balaban J connectivity index is 2.76. The van der Waals surface area contributed by atoms with Gasteiger partial charge in [-0.25, -0.2) is 18.0 Å². The van der Waals surface area contributed by atoms with Crippen molar-refractivity contribution in [2.24, 2.45) is 0 Å². The molecule has 8 heteroatoms. The van der Waals surface area contributed by atoms with E-state index >= 15 is 0 Å². The van der Waals surface area contributed by atoms with Crippen molar-refractivity contribution in [3.8, 4) is 0 Å². The van der Waals surface area contributed by atoms with E-state index in [1.54, 1.807) is 30.3 Å². The van der Waals surface area contributed by atoms with Gasteiger partial charge in [-0.15, -0.1) is 0 Å². The maximum absolute atomic E-state index is 11.7. The van der Waals surface area contributed by atoms with Crippen LogP contribution < -0.4 is 5.32 Å². The SMILES string of the molecule is CC(C)([C@H](NC(=O)OCc1ccccc1)C(=O)O)S(C)(=O)=O. The number of carboxylic acids is 1. The highest BCUT2D eigenvalue weighted by atomic mass is 32.2. The molecule has 0 aliphatic rings. The lowest BCUT2D eigenvalue weighted by Gasteiger charge is -2.29. The van der Waals surface area contributed by atoms with Crippen molar-refractivity contribution >= 4 is 21.9 Å². The zero-order chi connectivity index (χ0) is 17.0. The molecule has 1 atom stereocenters. The first-order valence-electron chi connectivity index (χ1n) is 6.45. The monoisotopic (exact) mass is 329 g/mol. The molecule has 1 aromatic rings. The second-order valence-corrected chi connectivity index (χ2v) is 7.95. The predicted octanol–water partition coefficient (Wildman–Crippen LogP) is 1.19. The molecule has 1 amide bonds. The van der Waals surface area contributed by atoms with E-state index < -0.39 is 32.7 Å². The van der Waals surface area contributed by atoms with E-state index in [4.69, 9.17) is 4.74 Å². The van der Waals surface area contributed by atoms with Gasteiger partial charge in [-0.1, -0.05) is 30.3 Å². The fraction of sp³-hybridized carbons (Fsp3) is 0.429. The second-order valence-electron chi connectivity index (χ2n) is 5.35. The van der Waals surface area contributed by atoms with E-state index in [1.807, 2.05) is 0 Å². The molecule has 0 aromatic heterocycles. The summed E-state index contributed by atoms with van der Waals surface area (Å²) in [5.41, 5.74) is 0.729. The molecule has 7 nitrogen and oxygen atoms in total. The minimum Gasteiger partial charge on any atom is -0.480 e. The van der Waals surface area contributed by atoms with E-state index in [-0.39, 0.29) is 6.61 Å². The van der Waals surface area contributed by atoms with Crippen LogP contribution >= 0.6 is 0 Å². The van der Waals surface area contributed by atoms with E-state index in [0.717, 1.165) is 11.8 Å². The predicted molar refractivity (Wildman–Crippen MR) is 80.1 cm³/mol. The van der Waals surface area contributed by atoms with E-state index in [1.165, 1.54) is 13.8 Å². The maximum atomic E-state index is 11.7. The Morgan fingerprint density at radius 2 is 1.82 bits per heavy atom. The number of sulfone groups is 1. The van der Waals surface area contributed by atoms with Crippen LogP contribution in [0, 0.1) is 0 Å². The third kappa shape index (κ3) is 4.45. The molecule has 0 heterocycles. The molecular weight excluding hydrogens is 310 g/mol. The smallest absolute Gasteiger partial charge is 0.408 e. The van der Waals surface area contributed by atoms with Gasteiger partial charge < -0.3 is 15.2 Å². The number of aliphatic carboxylic acids is 1. The number of hydrogen-bond donors (Lipinski definition) is 2. The van der Waals surface area contributed by atoms with E-state index in [2.05, 4.69) is 5.32 Å². The van der Waals surface area contributed by atoms with Gasteiger partial charge in [0.25, 0.3) is 0 Å². The first kappa shape index (κ1) is 18.0. The van der Waals surface area contributed by atoms with Crippen molar-refractivity contribution in [2.45, 2.75) is 31.2 Å². The average Bonchev–Trinajstić information content (AvgIpc) is 2.42. The van der Waals surface area contributed by atoms with Crippen LogP contribution in [0.15, 0.2) is 30.3 Å². The summed E-state index contributed by atoms with van der Waals surface area (Å²) >= 11 is 0. The van der Waals surface area contributed by atoms with E-state index in [9.17, 15) is 23.1 Å². The van der Waals surface area contributed by atoms with Crippen LogP contribution in [0.2, 0.25) is 0 Å². The maximum Gasteiger partial charge on any atom is 0.408 e. The van der Waals surface area contributed by atoms with Crippen LogP contribution in [0.1, 0.15) is 19.4 Å². The van der Waals surface area contributed by atoms with Crippen molar-refractivity contribution in [3.05, 3.63) is 35.9 Å². The summed E-state index contributed by atoms with van der Waals surface area (Å²) in [6.45, 7) is 2.43. The molecular formula is C14H19NO6S. The number of carboxylic acid groups (broad SMARTS) is 1. The number of carbonyl (C=O) groups is 2. The first-order valence-corrected chi connectivity index (χ1v) is 8.34. The highest BCUT2D eigenvalue weighted by Gasteiger charge is 2.44. The Morgan fingerprint density at radius 3 is 2.27 bits per heavy atom. The fourth-order valence-electron chi connectivity index (χ4n) is 1.63. The highest BCUT2D eigenvalue weighted by molar-refractivity contribution is 7.92. The van der Waals surface area contributed by atoms with Gasteiger partial charge in [-0.3, -0.25) is 0 Å². The standard InChI is InChI=1S/C14H19NO6S/c1-14(2,22(3,19)20)11(12(16)17)15-13(18)21-9-10-7-5-4-6-8-10/h4-8,11H,9H2,1-3H3,(H,15,18)(H,16,17)/t11-/m1/s1. The Labute approximate surface area is 129 Å². The Morgan fingerprint density at radius 1 is 1.27 bits per heavy atom. The average molecular weight is 329 g/mol. The Hall–Kier alpha value is -2.09. The van der Waals surface area contributed by atoms with Crippen molar-refractivity contribution in [1.82, 2.24) is 5.32 Å². The summed E-state index contributed by atoms with van der Waals surface area (Å²) < 4.78 is 26.6. The van der Waals surface area contributed by atoms with Crippen LogP contribution in [-0.2, 0) is 26.0 Å². The molecule has 1 aromatic carbocycles. The van der Waals surface area contributed by atoms with Crippen LogP contribution in [0.5, 0.6) is 0 Å². The molecule has 0 aliphatic heterocycles. The van der Waals surface area contributed by atoms with Gasteiger partial charge in [0, 0.05) is 6.26 Å². The number of nitrogens with one attached hydrogen (secondary N) is 1. The topological polar surface area (TPSA) is 110 Å². The van der Waals surface area contributed by atoms with E-state index in [0.29, 0.717) is 0 Å². The van der Waals surface area contributed by atoms with Crippen LogP contribution in [-0.4, -0.2) is 42.6 Å². The van der Waals surface area contributed by atoms with Crippen molar-refractivity contribution in [3.63, 3.8) is 0 Å². The lowest BCUT2D eigenvalue weighted by molar-refractivity contribution is -0.140. The number of amides is 1. The van der Waals surface area contributed by atoms with Gasteiger partial charge in [0.2, 0.25) is 0 Å². The Bertz CT molecular complexity index is 639. The molecule has 0 radical (unpaired) electrons. The summed E-state index contributed by atoms with van der Waals surface area (Å²) in [5, 5.41) is 11.3. The van der Waals surface area contributed by atoms with Crippen LogP contribution in [0.4, 0.5) is 4.79 Å². The number of carbonyl (C=O) groups excluding carboxylic acids is 1. The van der Waals surface area contributed by atoms with Crippen molar-refractivity contribution in [1.29, 1.82) is 0 Å². The molecule has 0 bridgehead atoms. The number of alkyl carbamates (subject to hydrolysis) is 1. The number of rotatable bonds is 6. The van der Waals surface area contributed by atoms with Gasteiger partial charge in [0.15, 0.2) is 9.84 Å². The molecule has 0 fully saturated rings. The molecule has 0 saturated carbocycles. The summed E-state index contributed by atoms with van der Waals surface area (Å²) in [6, 6.07) is 7.20. The highest BCUT2D eigenvalue weighted by Crippen LogP contribution is 2.20.